The van der Waals surface area contributed by atoms with Gasteiger partial charge < -0.3 is 14.7 Å². The number of alkyl halides is 5. The van der Waals surface area contributed by atoms with E-state index >= 15 is 0 Å². The highest BCUT2D eigenvalue weighted by atomic mass is 32.2. The van der Waals surface area contributed by atoms with E-state index in [0.717, 1.165) is 0 Å². The average Bonchev–Trinajstić information content (AvgIpc) is 3.60. The maximum atomic E-state index is 14.2. The lowest BCUT2D eigenvalue weighted by atomic mass is 9.97. The van der Waals surface area contributed by atoms with Gasteiger partial charge in [-0.25, -0.2) is 31.4 Å². The van der Waals surface area contributed by atoms with Crippen LogP contribution in [0.4, 0.5) is 32.2 Å². The molecule has 244 valence electrons. The number of rotatable bonds is 5. The molecular weight excluding hydrogens is 630 g/mol. The Hall–Kier alpha value is -3.63. The Morgan fingerprint density at radius 1 is 1.07 bits per heavy atom. The number of sulfonamides is 1. The SMILES string of the molecule is COc1c(F)cccc1C1CCN(S(=O)(=O)c2ccc3nc(N4CCN5CC(F)(F)C[C@H]5C4)ccc3c2)C1.O=C(O)C(F)(F)F. The predicted molar refractivity (Wildman–Crippen MR) is 152 cm³/mol. The minimum Gasteiger partial charge on any atom is -0.493 e. The van der Waals surface area contributed by atoms with E-state index in [4.69, 9.17) is 19.6 Å². The Labute approximate surface area is 255 Å². The first-order valence-corrected chi connectivity index (χ1v) is 15.4. The zero-order valence-electron chi connectivity index (χ0n) is 24.0. The van der Waals surface area contributed by atoms with Crippen LogP contribution in [0.15, 0.2) is 53.4 Å². The van der Waals surface area contributed by atoms with E-state index in [1.54, 1.807) is 30.3 Å². The second-order valence-electron chi connectivity index (χ2n) is 11.2. The lowest BCUT2D eigenvalue weighted by Crippen LogP contribution is -2.50. The summed E-state index contributed by atoms with van der Waals surface area (Å²) >= 11 is 0. The molecule has 9 nitrogen and oxygen atoms in total. The molecule has 3 aliphatic rings. The molecule has 1 unspecified atom stereocenters. The van der Waals surface area contributed by atoms with Gasteiger partial charge in [-0.2, -0.15) is 17.5 Å². The molecule has 3 aromatic rings. The molecule has 1 N–H and O–H groups in total. The van der Waals surface area contributed by atoms with Crippen LogP contribution in [-0.2, 0) is 14.8 Å². The van der Waals surface area contributed by atoms with Crippen LogP contribution in [0.5, 0.6) is 5.75 Å². The van der Waals surface area contributed by atoms with Crippen LogP contribution in [0.2, 0.25) is 0 Å². The highest BCUT2D eigenvalue weighted by Gasteiger charge is 2.47. The molecule has 4 heterocycles. The summed E-state index contributed by atoms with van der Waals surface area (Å²) in [7, 11) is -2.36. The van der Waals surface area contributed by atoms with E-state index < -0.39 is 33.9 Å². The summed E-state index contributed by atoms with van der Waals surface area (Å²) in [6, 6.07) is 13.0. The monoisotopic (exact) mass is 660 g/mol. The number of aromatic nitrogens is 1. The number of fused-ring (bicyclic) bond motifs is 2. The molecule has 3 fully saturated rings. The van der Waals surface area contributed by atoms with Crippen molar-refractivity contribution in [1.82, 2.24) is 14.2 Å². The van der Waals surface area contributed by atoms with E-state index in [1.165, 1.54) is 17.5 Å². The molecule has 0 radical (unpaired) electrons. The maximum Gasteiger partial charge on any atom is 0.490 e. The molecule has 0 aliphatic carbocycles. The number of carboxylic acids is 1. The molecule has 0 saturated carbocycles. The Kier molecular flexibility index (Phi) is 8.94. The number of halogens is 6. The summed E-state index contributed by atoms with van der Waals surface area (Å²) in [6.45, 7) is 2.06. The third-order valence-corrected chi connectivity index (χ3v) is 10.1. The molecule has 0 spiro atoms. The van der Waals surface area contributed by atoms with Crippen LogP contribution in [0.25, 0.3) is 10.9 Å². The minimum atomic E-state index is -5.08. The number of para-hydroxylation sites is 1. The number of nitrogens with zero attached hydrogens (tertiary/aromatic N) is 4. The van der Waals surface area contributed by atoms with Crippen LogP contribution in [-0.4, -0.2) is 98.2 Å². The molecule has 45 heavy (non-hydrogen) atoms. The summed E-state index contributed by atoms with van der Waals surface area (Å²) in [5.41, 5.74) is 1.31. The number of carbonyl (C=O) groups is 1. The number of carboxylic acid groups (broad SMARTS) is 1. The number of piperazine rings is 1. The summed E-state index contributed by atoms with van der Waals surface area (Å²) < 4.78 is 107. The van der Waals surface area contributed by atoms with Crippen molar-refractivity contribution in [3.63, 3.8) is 0 Å². The maximum absolute atomic E-state index is 14.2. The Bertz CT molecular complexity index is 1690. The fourth-order valence-corrected chi connectivity index (χ4v) is 7.59. The molecule has 3 saturated heterocycles. The first kappa shape index (κ1) is 32.8. The number of pyridine rings is 1. The van der Waals surface area contributed by atoms with Crippen LogP contribution in [0, 0.1) is 5.82 Å². The largest absolute Gasteiger partial charge is 0.493 e. The molecule has 3 aliphatic heterocycles. The topological polar surface area (TPSA) is 103 Å². The molecule has 2 aromatic carbocycles. The summed E-state index contributed by atoms with van der Waals surface area (Å²) in [4.78, 5) is 17.7. The van der Waals surface area contributed by atoms with Crippen molar-refractivity contribution in [1.29, 1.82) is 0 Å². The predicted octanol–water partition coefficient (Wildman–Crippen LogP) is 4.72. The first-order chi connectivity index (χ1) is 21.1. The molecular formula is C29H30F6N4O5S. The highest BCUT2D eigenvalue weighted by molar-refractivity contribution is 7.89. The summed E-state index contributed by atoms with van der Waals surface area (Å²) in [6.07, 6.45) is -4.65. The van der Waals surface area contributed by atoms with E-state index in [9.17, 15) is 34.8 Å². The van der Waals surface area contributed by atoms with Gasteiger partial charge in [-0.05, 0) is 42.8 Å². The van der Waals surface area contributed by atoms with Crippen LogP contribution >= 0.6 is 0 Å². The van der Waals surface area contributed by atoms with Crippen LogP contribution < -0.4 is 9.64 Å². The van der Waals surface area contributed by atoms with Gasteiger partial charge in [0.2, 0.25) is 10.0 Å². The van der Waals surface area contributed by atoms with Gasteiger partial charge in [0.1, 0.15) is 5.82 Å². The molecule has 6 rings (SSSR count). The van der Waals surface area contributed by atoms with Gasteiger partial charge in [-0.3, -0.25) is 4.90 Å². The van der Waals surface area contributed by atoms with Crippen molar-refractivity contribution in [2.45, 2.75) is 41.8 Å². The average molecular weight is 661 g/mol. The standard InChI is InChI=1S/C27H29F3N4O3S.C2HF3O2/c1-37-26-22(3-2-4-23(26)28)19-9-10-34(15-19)38(35,36)21-6-7-24-18(13-21)5-8-25(31-24)32-11-12-33-17-27(29,30)14-20(33)16-32;3-2(4,5)1(6)7/h2-8,13,19-20H,9-12,14-17H2,1H3;(H,6,7)/t19?,20-;/m0./s1. The van der Waals surface area contributed by atoms with Crippen molar-refractivity contribution in [2.75, 3.05) is 51.3 Å². The Balaban J connectivity index is 0.000000515. The zero-order chi connectivity index (χ0) is 32.7. The molecule has 2 atom stereocenters. The van der Waals surface area contributed by atoms with E-state index in [1.807, 2.05) is 21.9 Å². The molecule has 0 amide bonds. The summed E-state index contributed by atoms with van der Waals surface area (Å²) in [5, 5.41) is 7.81. The number of ether oxygens (including phenoxy) is 1. The quantitative estimate of drug-likeness (QED) is 0.393. The molecule has 16 heteroatoms. The zero-order valence-corrected chi connectivity index (χ0v) is 24.8. The Morgan fingerprint density at radius 2 is 1.80 bits per heavy atom. The fourth-order valence-electron chi connectivity index (χ4n) is 6.05. The normalized spacial score (nSPS) is 22.2. The van der Waals surface area contributed by atoms with Crippen LogP contribution in [0.1, 0.15) is 24.3 Å². The number of anilines is 1. The van der Waals surface area contributed by atoms with Crippen LogP contribution in [0.3, 0.4) is 0 Å². The van der Waals surface area contributed by atoms with Gasteiger partial charge in [0.05, 0.1) is 24.1 Å². The third kappa shape index (κ3) is 6.97. The van der Waals surface area contributed by atoms with Crippen molar-refractivity contribution < 1.29 is 49.4 Å². The van der Waals surface area contributed by atoms with Gasteiger partial charge >= 0.3 is 12.1 Å². The van der Waals surface area contributed by atoms with Crippen molar-refractivity contribution in [3.8, 4) is 5.75 Å². The second kappa shape index (κ2) is 12.3. The molecule has 1 aromatic heterocycles. The van der Waals surface area contributed by atoms with Gasteiger partial charge in [0, 0.05) is 62.1 Å². The fraction of sp³-hybridized carbons (Fsp3) is 0.448. The Morgan fingerprint density at radius 3 is 2.49 bits per heavy atom. The van der Waals surface area contributed by atoms with Crippen molar-refractivity contribution in [3.05, 3.63) is 59.9 Å². The van der Waals surface area contributed by atoms with E-state index in [0.29, 0.717) is 54.9 Å². The van der Waals surface area contributed by atoms with E-state index in [-0.39, 0.29) is 42.1 Å². The second-order valence-corrected chi connectivity index (χ2v) is 13.1. The van der Waals surface area contributed by atoms with E-state index in [2.05, 4.69) is 0 Å². The number of methoxy groups -OCH3 is 1. The highest BCUT2D eigenvalue weighted by Crippen LogP contribution is 2.38. The number of hydrogen-bond acceptors (Lipinski definition) is 7. The summed E-state index contributed by atoms with van der Waals surface area (Å²) in [5.74, 6) is -5.16. The van der Waals surface area contributed by atoms with Gasteiger partial charge in [0.25, 0.3) is 5.92 Å². The smallest absolute Gasteiger partial charge is 0.490 e. The van der Waals surface area contributed by atoms with Crippen molar-refractivity contribution >= 4 is 32.7 Å². The number of hydrogen-bond donors (Lipinski definition) is 1. The lowest BCUT2D eigenvalue weighted by Gasteiger charge is -2.37. The van der Waals surface area contributed by atoms with Gasteiger partial charge in [-0.1, -0.05) is 12.1 Å². The lowest BCUT2D eigenvalue weighted by molar-refractivity contribution is -0.192. The first-order valence-electron chi connectivity index (χ1n) is 14.0. The van der Waals surface area contributed by atoms with Gasteiger partial charge in [-0.15, -0.1) is 0 Å². The minimum absolute atomic E-state index is 0.137. The number of aliphatic carboxylic acids is 1. The van der Waals surface area contributed by atoms with Crippen molar-refractivity contribution in [2.24, 2.45) is 0 Å². The number of benzene rings is 2. The third-order valence-electron chi connectivity index (χ3n) is 8.22. The molecule has 0 bridgehead atoms. The van der Waals surface area contributed by atoms with Gasteiger partial charge in [0.15, 0.2) is 11.6 Å².